The summed E-state index contributed by atoms with van der Waals surface area (Å²) in [7, 11) is 0. The molecule has 1 saturated carbocycles. The molecule has 1 aliphatic heterocycles. The lowest BCUT2D eigenvalue weighted by Gasteiger charge is -2.38. The molecule has 2 aromatic carbocycles. The van der Waals surface area contributed by atoms with Gasteiger partial charge in [-0.3, -0.25) is 4.79 Å². The van der Waals surface area contributed by atoms with Gasteiger partial charge in [0.05, 0.1) is 11.3 Å². The van der Waals surface area contributed by atoms with Gasteiger partial charge in [0.15, 0.2) is 0 Å². The van der Waals surface area contributed by atoms with Crippen LogP contribution in [0.25, 0.3) is 0 Å². The molecule has 2 aliphatic rings. The normalized spacial score (nSPS) is 16.6. The maximum atomic E-state index is 12.0. The van der Waals surface area contributed by atoms with Crippen LogP contribution in [0.1, 0.15) is 28.8 Å². The lowest BCUT2D eigenvalue weighted by atomic mass is 10.1. The van der Waals surface area contributed by atoms with Gasteiger partial charge >= 0.3 is 5.97 Å². The molecule has 29 heavy (non-hydrogen) atoms. The minimum Gasteiger partial charge on any atom is -0.478 e. The van der Waals surface area contributed by atoms with Gasteiger partial charge in [-0.25, -0.2) is 4.79 Å². The van der Waals surface area contributed by atoms with Gasteiger partial charge in [-0.15, -0.1) is 0 Å². The van der Waals surface area contributed by atoms with Crippen molar-refractivity contribution in [2.45, 2.75) is 19.8 Å². The quantitative estimate of drug-likeness (QED) is 0.774. The Kier molecular flexibility index (Phi) is 5.37. The maximum absolute atomic E-state index is 12.0. The summed E-state index contributed by atoms with van der Waals surface area (Å²) in [5.74, 6) is -1.10. The highest BCUT2D eigenvalue weighted by molar-refractivity contribution is 6.30. The first-order valence-electron chi connectivity index (χ1n) is 9.86. The number of rotatable bonds is 5. The number of carboxylic acids is 1. The van der Waals surface area contributed by atoms with Gasteiger partial charge in [0.2, 0.25) is 5.91 Å². The molecule has 0 aromatic heterocycles. The number of amides is 1. The standard InChI is InChI=1S/C22H24ClN3O3/c1-14-2-5-16(23)12-20(14)26-10-8-25(9-11-26)17-6-7-19(18(13-17)22(28)29)24-21(27)15-3-4-15/h2,5-7,12-13,15H,3-4,8-11H2,1H3,(H,24,27)(H,28,29). The van der Waals surface area contributed by atoms with Gasteiger partial charge in [0.1, 0.15) is 0 Å². The SMILES string of the molecule is Cc1ccc(Cl)cc1N1CCN(c2ccc(NC(=O)C3CC3)c(C(=O)O)c2)CC1. The fourth-order valence-electron chi connectivity index (χ4n) is 3.72. The third kappa shape index (κ3) is 4.32. The van der Waals surface area contributed by atoms with Gasteiger partial charge in [-0.1, -0.05) is 17.7 Å². The molecule has 7 heteroatoms. The maximum Gasteiger partial charge on any atom is 0.337 e. The first kappa shape index (κ1) is 19.6. The van der Waals surface area contributed by atoms with Crippen molar-refractivity contribution in [3.63, 3.8) is 0 Å². The van der Waals surface area contributed by atoms with E-state index in [1.807, 2.05) is 24.3 Å². The van der Waals surface area contributed by atoms with Crippen LogP contribution in [0.15, 0.2) is 36.4 Å². The topological polar surface area (TPSA) is 72.9 Å². The molecule has 0 unspecified atom stereocenters. The summed E-state index contributed by atoms with van der Waals surface area (Å²) in [5, 5.41) is 13.1. The summed E-state index contributed by atoms with van der Waals surface area (Å²) in [6, 6.07) is 11.2. The fourth-order valence-corrected chi connectivity index (χ4v) is 3.89. The zero-order valence-corrected chi connectivity index (χ0v) is 17.1. The molecule has 4 rings (SSSR count). The molecule has 0 bridgehead atoms. The number of benzene rings is 2. The van der Waals surface area contributed by atoms with Gasteiger partial charge < -0.3 is 20.2 Å². The highest BCUT2D eigenvalue weighted by Crippen LogP contribution is 2.32. The molecule has 1 amide bonds. The average molecular weight is 414 g/mol. The van der Waals surface area contributed by atoms with E-state index in [0.29, 0.717) is 5.69 Å². The molecule has 6 nitrogen and oxygen atoms in total. The van der Waals surface area contributed by atoms with Crippen molar-refractivity contribution in [2.75, 3.05) is 41.3 Å². The number of carbonyl (C=O) groups excluding carboxylic acids is 1. The number of piperazine rings is 1. The van der Waals surface area contributed by atoms with E-state index in [9.17, 15) is 14.7 Å². The Balaban J connectivity index is 1.47. The van der Waals surface area contributed by atoms with Crippen molar-refractivity contribution >= 4 is 40.5 Å². The third-order valence-electron chi connectivity index (χ3n) is 5.60. The van der Waals surface area contributed by atoms with Crippen LogP contribution in [0.4, 0.5) is 17.1 Å². The Bertz CT molecular complexity index is 950. The second-order valence-corrected chi connectivity index (χ2v) is 8.14. The zero-order chi connectivity index (χ0) is 20.5. The molecule has 2 fully saturated rings. The molecule has 1 saturated heterocycles. The van der Waals surface area contributed by atoms with Crippen molar-refractivity contribution in [1.29, 1.82) is 0 Å². The van der Waals surface area contributed by atoms with Crippen LogP contribution in [0.2, 0.25) is 5.02 Å². The molecular weight excluding hydrogens is 390 g/mol. The summed E-state index contributed by atoms with van der Waals surface area (Å²) in [6.07, 6.45) is 1.76. The Morgan fingerprint density at radius 3 is 2.38 bits per heavy atom. The number of nitrogens with one attached hydrogen (secondary N) is 1. The first-order valence-corrected chi connectivity index (χ1v) is 10.2. The Hall–Kier alpha value is -2.73. The van der Waals surface area contributed by atoms with Crippen LogP contribution in [-0.4, -0.2) is 43.2 Å². The predicted octanol–water partition coefficient (Wildman–Crippen LogP) is 4.02. The summed E-state index contributed by atoms with van der Waals surface area (Å²) in [6.45, 7) is 5.27. The molecule has 1 heterocycles. The Morgan fingerprint density at radius 1 is 1.03 bits per heavy atom. The van der Waals surface area contributed by atoms with Crippen LogP contribution in [0.3, 0.4) is 0 Å². The molecule has 1 aliphatic carbocycles. The van der Waals surface area contributed by atoms with Crippen LogP contribution in [0.5, 0.6) is 0 Å². The van der Waals surface area contributed by atoms with E-state index in [1.54, 1.807) is 12.1 Å². The number of hydrogen-bond acceptors (Lipinski definition) is 4. The van der Waals surface area contributed by atoms with E-state index >= 15 is 0 Å². The lowest BCUT2D eigenvalue weighted by Crippen LogP contribution is -2.46. The van der Waals surface area contributed by atoms with Crippen molar-refractivity contribution in [3.8, 4) is 0 Å². The van der Waals surface area contributed by atoms with E-state index in [2.05, 4.69) is 22.0 Å². The Labute approximate surface area is 175 Å². The van der Waals surface area contributed by atoms with E-state index in [0.717, 1.165) is 55.4 Å². The van der Waals surface area contributed by atoms with Gasteiger partial charge in [-0.2, -0.15) is 0 Å². The zero-order valence-electron chi connectivity index (χ0n) is 16.3. The number of carboxylic acid groups (broad SMARTS) is 1. The predicted molar refractivity (Wildman–Crippen MR) is 115 cm³/mol. The smallest absolute Gasteiger partial charge is 0.337 e. The summed E-state index contributed by atoms with van der Waals surface area (Å²) in [4.78, 5) is 28.3. The lowest BCUT2D eigenvalue weighted by molar-refractivity contribution is -0.117. The molecule has 2 N–H and O–H groups in total. The number of aromatic carboxylic acids is 1. The molecular formula is C22H24ClN3O3. The third-order valence-corrected chi connectivity index (χ3v) is 5.83. The number of anilines is 3. The van der Waals surface area contributed by atoms with Gasteiger partial charge in [-0.05, 0) is 55.7 Å². The largest absolute Gasteiger partial charge is 0.478 e. The molecule has 2 aromatic rings. The van der Waals surface area contributed by atoms with Crippen LogP contribution in [-0.2, 0) is 4.79 Å². The van der Waals surface area contributed by atoms with Crippen molar-refractivity contribution in [3.05, 3.63) is 52.5 Å². The molecule has 0 radical (unpaired) electrons. The number of carbonyl (C=O) groups is 2. The Morgan fingerprint density at radius 2 is 1.72 bits per heavy atom. The van der Waals surface area contributed by atoms with Gasteiger partial charge in [0.25, 0.3) is 0 Å². The minimum absolute atomic E-state index is 0.0272. The molecule has 0 atom stereocenters. The second-order valence-electron chi connectivity index (χ2n) is 7.70. The number of hydrogen-bond donors (Lipinski definition) is 2. The van der Waals surface area contributed by atoms with Crippen molar-refractivity contribution in [1.82, 2.24) is 0 Å². The molecule has 152 valence electrons. The van der Waals surface area contributed by atoms with E-state index in [-0.39, 0.29) is 17.4 Å². The van der Waals surface area contributed by atoms with Crippen molar-refractivity contribution in [2.24, 2.45) is 5.92 Å². The number of halogens is 1. The van der Waals surface area contributed by atoms with E-state index < -0.39 is 5.97 Å². The minimum atomic E-state index is -1.04. The fraction of sp³-hybridized carbons (Fsp3) is 0.364. The first-order chi connectivity index (χ1) is 13.9. The van der Waals surface area contributed by atoms with E-state index in [4.69, 9.17) is 11.6 Å². The second kappa shape index (κ2) is 7.95. The van der Waals surface area contributed by atoms with Crippen molar-refractivity contribution < 1.29 is 14.7 Å². The summed E-state index contributed by atoms with van der Waals surface area (Å²) < 4.78 is 0. The molecule has 0 spiro atoms. The highest BCUT2D eigenvalue weighted by Gasteiger charge is 2.30. The van der Waals surface area contributed by atoms with E-state index in [1.165, 1.54) is 5.56 Å². The van der Waals surface area contributed by atoms with Gasteiger partial charge in [0, 0.05) is 48.5 Å². The number of nitrogens with zero attached hydrogens (tertiary/aromatic N) is 2. The van der Waals surface area contributed by atoms with Crippen LogP contribution >= 0.6 is 11.6 Å². The highest BCUT2D eigenvalue weighted by atomic mass is 35.5. The summed E-state index contributed by atoms with van der Waals surface area (Å²) >= 11 is 6.16. The average Bonchev–Trinajstić information content (AvgIpc) is 3.55. The monoisotopic (exact) mass is 413 g/mol. The number of aryl methyl sites for hydroxylation is 1. The van der Waals surface area contributed by atoms with Crippen LogP contribution in [0, 0.1) is 12.8 Å². The summed E-state index contributed by atoms with van der Waals surface area (Å²) in [5.41, 5.74) is 3.68. The van der Waals surface area contributed by atoms with Crippen LogP contribution < -0.4 is 15.1 Å².